The minimum Gasteiger partial charge on any atom is -0.316 e. The largest absolute Gasteiger partial charge is 0.316 e. The fraction of sp³-hybridized carbons (Fsp3) is 0.667. The Bertz CT molecular complexity index is 428. The van der Waals surface area contributed by atoms with E-state index in [9.17, 15) is 8.42 Å². The molecule has 1 fully saturated rings. The van der Waals surface area contributed by atoms with Crippen LogP contribution in [0.4, 0.5) is 0 Å². The van der Waals surface area contributed by atoms with E-state index in [4.69, 9.17) is 0 Å². The van der Waals surface area contributed by atoms with Crippen LogP contribution in [0.15, 0.2) is 17.3 Å². The van der Waals surface area contributed by atoms with Crippen LogP contribution in [0.3, 0.4) is 0 Å². The molecule has 1 saturated heterocycles. The lowest BCUT2D eigenvalue weighted by atomic mass is 10.1. The SMILES string of the molecule is CNC1CCCN(S(=O)(=O)c2cn[nH]c2)C1. The van der Waals surface area contributed by atoms with Crippen molar-refractivity contribution in [2.75, 3.05) is 20.1 Å². The predicted molar refractivity (Wildman–Crippen MR) is 59.4 cm³/mol. The van der Waals surface area contributed by atoms with Crippen molar-refractivity contribution in [3.05, 3.63) is 12.4 Å². The van der Waals surface area contributed by atoms with E-state index >= 15 is 0 Å². The highest BCUT2D eigenvalue weighted by Gasteiger charge is 2.30. The number of piperidine rings is 1. The number of hydrogen-bond donors (Lipinski definition) is 2. The van der Waals surface area contributed by atoms with Crippen LogP contribution in [-0.2, 0) is 10.0 Å². The number of nitrogens with zero attached hydrogens (tertiary/aromatic N) is 2. The number of likely N-dealkylation sites (N-methyl/N-ethyl adjacent to an activating group) is 1. The van der Waals surface area contributed by atoms with E-state index < -0.39 is 10.0 Å². The minimum atomic E-state index is -3.36. The van der Waals surface area contributed by atoms with Gasteiger partial charge in [0.2, 0.25) is 10.0 Å². The van der Waals surface area contributed by atoms with E-state index in [1.165, 1.54) is 16.7 Å². The molecule has 2 N–H and O–H groups in total. The Labute approximate surface area is 95.1 Å². The van der Waals surface area contributed by atoms with E-state index in [2.05, 4.69) is 15.5 Å². The molecule has 0 aromatic carbocycles. The van der Waals surface area contributed by atoms with Gasteiger partial charge in [0.1, 0.15) is 4.90 Å². The Balaban J connectivity index is 2.18. The summed E-state index contributed by atoms with van der Waals surface area (Å²) in [5.74, 6) is 0. The molecule has 6 nitrogen and oxygen atoms in total. The van der Waals surface area contributed by atoms with Crippen molar-refractivity contribution in [3.63, 3.8) is 0 Å². The third-order valence-corrected chi connectivity index (χ3v) is 4.73. The van der Waals surface area contributed by atoms with Crippen LogP contribution in [-0.4, -0.2) is 49.1 Å². The van der Waals surface area contributed by atoms with Gasteiger partial charge in [-0.25, -0.2) is 8.42 Å². The number of nitrogens with one attached hydrogen (secondary N) is 2. The lowest BCUT2D eigenvalue weighted by molar-refractivity contribution is 0.293. The molecule has 1 atom stereocenters. The molecule has 2 rings (SSSR count). The second-order valence-electron chi connectivity index (χ2n) is 3.92. The average molecular weight is 244 g/mol. The van der Waals surface area contributed by atoms with Crippen molar-refractivity contribution in [1.29, 1.82) is 0 Å². The Kier molecular flexibility index (Phi) is 3.27. The molecule has 0 radical (unpaired) electrons. The van der Waals surface area contributed by atoms with Crippen LogP contribution in [0.5, 0.6) is 0 Å². The smallest absolute Gasteiger partial charge is 0.246 e. The summed E-state index contributed by atoms with van der Waals surface area (Å²) < 4.78 is 25.8. The molecular weight excluding hydrogens is 228 g/mol. The maximum absolute atomic E-state index is 12.1. The van der Waals surface area contributed by atoms with Gasteiger partial charge in [0.25, 0.3) is 0 Å². The molecule has 0 spiro atoms. The quantitative estimate of drug-likeness (QED) is 0.770. The summed E-state index contributed by atoms with van der Waals surface area (Å²) in [6, 6.07) is 0.246. The van der Waals surface area contributed by atoms with Gasteiger partial charge in [-0.3, -0.25) is 5.10 Å². The first-order valence-electron chi connectivity index (χ1n) is 5.31. The normalized spacial score (nSPS) is 23.4. The van der Waals surface area contributed by atoms with Crippen LogP contribution < -0.4 is 5.32 Å². The van der Waals surface area contributed by atoms with Crippen LogP contribution in [0.25, 0.3) is 0 Å². The number of aromatic nitrogens is 2. The fourth-order valence-electron chi connectivity index (χ4n) is 1.93. The third-order valence-electron chi connectivity index (χ3n) is 2.90. The fourth-order valence-corrected chi connectivity index (χ4v) is 3.36. The summed E-state index contributed by atoms with van der Waals surface area (Å²) in [4.78, 5) is 0.240. The van der Waals surface area contributed by atoms with Crippen molar-refractivity contribution in [1.82, 2.24) is 19.8 Å². The Hall–Kier alpha value is -0.920. The van der Waals surface area contributed by atoms with Gasteiger partial charge in [0, 0.05) is 25.3 Å². The van der Waals surface area contributed by atoms with Crippen LogP contribution >= 0.6 is 0 Å². The van der Waals surface area contributed by atoms with Crippen LogP contribution in [0.2, 0.25) is 0 Å². The second kappa shape index (κ2) is 4.52. The molecule has 16 heavy (non-hydrogen) atoms. The molecule has 1 aromatic rings. The van der Waals surface area contributed by atoms with Gasteiger partial charge in [-0.05, 0) is 19.9 Å². The summed E-state index contributed by atoms with van der Waals surface area (Å²) in [6.07, 6.45) is 4.67. The van der Waals surface area contributed by atoms with Crippen molar-refractivity contribution in [3.8, 4) is 0 Å². The zero-order chi connectivity index (χ0) is 11.6. The molecule has 7 heteroatoms. The van der Waals surface area contributed by atoms with E-state index in [0.29, 0.717) is 13.1 Å². The Morgan fingerprint density at radius 3 is 3.06 bits per heavy atom. The van der Waals surface area contributed by atoms with Gasteiger partial charge in [-0.15, -0.1) is 0 Å². The van der Waals surface area contributed by atoms with E-state index in [-0.39, 0.29) is 10.9 Å². The van der Waals surface area contributed by atoms with Gasteiger partial charge in [-0.1, -0.05) is 0 Å². The van der Waals surface area contributed by atoms with Crippen molar-refractivity contribution >= 4 is 10.0 Å². The summed E-state index contributed by atoms with van der Waals surface area (Å²) in [6.45, 7) is 1.12. The first kappa shape index (κ1) is 11.6. The molecule has 1 aliphatic heterocycles. The third kappa shape index (κ3) is 2.11. The van der Waals surface area contributed by atoms with E-state index in [0.717, 1.165) is 12.8 Å². The van der Waals surface area contributed by atoms with E-state index in [1.807, 2.05) is 7.05 Å². The first-order valence-corrected chi connectivity index (χ1v) is 6.75. The monoisotopic (exact) mass is 244 g/mol. The van der Waals surface area contributed by atoms with Crippen LogP contribution in [0.1, 0.15) is 12.8 Å². The van der Waals surface area contributed by atoms with Gasteiger partial charge in [0.05, 0.1) is 6.20 Å². The average Bonchev–Trinajstić information content (AvgIpc) is 2.83. The van der Waals surface area contributed by atoms with Gasteiger partial charge in [-0.2, -0.15) is 9.40 Å². The molecule has 0 saturated carbocycles. The minimum absolute atomic E-state index is 0.240. The van der Waals surface area contributed by atoms with Gasteiger partial charge >= 0.3 is 0 Å². The number of rotatable bonds is 3. The van der Waals surface area contributed by atoms with Crippen LogP contribution in [0, 0.1) is 0 Å². The van der Waals surface area contributed by atoms with Gasteiger partial charge in [0.15, 0.2) is 0 Å². The molecule has 0 amide bonds. The number of hydrogen-bond acceptors (Lipinski definition) is 4. The lowest BCUT2D eigenvalue weighted by Gasteiger charge is -2.31. The number of sulfonamides is 1. The summed E-state index contributed by atoms with van der Waals surface area (Å²) in [5, 5.41) is 9.33. The molecule has 90 valence electrons. The highest BCUT2D eigenvalue weighted by Crippen LogP contribution is 2.19. The summed E-state index contributed by atoms with van der Waals surface area (Å²) in [5.41, 5.74) is 0. The molecule has 2 heterocycles. The highest BCUT2D eigenvalue weighted by atomic mass is 32.2. The number of H-pyrrole nitrogens is 1. The van der Waals surface area contributed by atoms with Crippen molar-refractivity contribution in [2.45, 2.75) is 23.8 Å². The topological polar surface area (TPSA) is 78.1 Å². The van der Waals surface area contributed by atoms with E-state index in [1.54, 1.807) is 0 Å². The maximum atomic E-state index is 12.1. The van der Waals surface area contributed by atoms with Gasteiger partial charge < -0.3 is 5.32 Å². The number of aromatic amines is 1. The molecule has 1 unspecified atom stereocenters. The maximum Gasteiger partial charge on any atom is 0.246 e. The standard InChI is InChI=1S/C9H16N4O2S/c1-10-8-3-2-4-13(7-8)16(14,15)9-5-11-12-6-9/h5-6,8,10H,2-4,7H2,1H3,(H,11,12). The molecular formula is C9H16N4O2S. The molecule has 1 aromatic heterocycles. The molecule has 0 aliphatic carbocycles. The zero-order valence-corrected chi connectivity index (χ0v) is 10.00. The Morgan fingerprint density at radius 1 is 1.62 bits per heavy atom. The summed E-state index contributed by atoms with van der Waals surface area (Å²) in [7, 11) is -1.50. The highest BCUT2D eigenvalue weighted by molar-refractivity contribution is 7.89. The second-order valence-corrected chi connectivity index (χ2v) is 5.86. The summed E-state index contributed by atoms with van der Waals surface area (Å²) >= 11 is 0. The first-order chi connectivity index (χ1) is 7.64. The molecule has 1 aliphatic rings. The zero-order valence-electron chi connectivity index (χ0n) is 9.18. The lowest BCUT2D eigenvalue weighted by Crippen LogP contribution is -2.46. The van der Waals surface area contributed by atoms with Crippen molar-refractivity contribution in [2.24, 2.45) is 0 Å². The Morgan fingerprint density at radius 2 is 2.44 bits per heavy atom. The predicted octanol–water partition coefficient (Wildman–Crippen LogP) is -0.218. The molecule has 0 bridgehead atoms. The van der Waals surface area contributed by atoms with Crippen molar-refractivity contribution < 1.29 is 8.42 Å².